The van der Waals surface area contributed by atoms with E-state index in [1.54, 1.807) is 45.0 Å². The highest BCUT2D eigenvalue weighted by atomic mass is 32.1. The highest BCUT2D eigenvalue weighted by Gasteiger charge is 2.38. The molecule has 38 heavy (non-hydrogen) atoms. The van der Waals surface area contributed by atoms with Crippen LogP contribution in [-0.4, -0.2) is 42.2 Å². The van der Waals surface area contributed by atoms with Crippen LogP contribution in [0.5, 0.6) is 0 Å². The van der Waals surface area contributed by atoms with Gasteiger partial charge in [0.1, 0.15) is 11.1 Å². The highest BCUT2D eigenvalue weighted by Crippen LogP contribution is 2.35. The lowest BCUT2D eigenvalue weighted by Crippen LogP contribution is -2.41. The molecule has 194 valence electrons. The molecule has 3 aromatic rings. The number of fused-ring (bicyclic) bond motifs is 2. The topological polar surface area (TPSA) is 107 Å². The van der Waals surface area contributed by atoms with Gasteiger partial charge in [-0.05, 0) is 32.4 Å². The zero-order valence-electron chi connectivity index (χ0n) is 21.1. The number of rotatable bonds is 6. The number of amides is 1. The number of aromatic nitrogens is 1. The number of carbonyl (C=O) groups excluding carboxylic acids is 3. The van der Waals surface area contributed by atoms with Crippen molar-refractivity contribution in [2.24, 2.45) is 4.99 Å². The Morgan fingerprint density at radius 3 is 2.37 bits per heavy atom. The van der Waals surface area contributed by atoms with Gasteiger partial charge in [-0.15, -0.1) is 0 Å². The fourth-order valence-corrected chi connectivity index (χ4v) is 5.92. The number of esters is 2. The zero-order valence-corrected chi connectivity index (χ0v) is 21.9. The predicted molar refractivity (Wildman–Crippen MR) is 141 cm³/mol. The molecule has 2 aliphatic rings. The van der Waals surface area contributed by atoms with Crippen LogP contribution in [-0.2, 0) is 23.9 Å². The lowest BCUT2D eigenvalue weighted by atomic mass is 9.96. The van der Waals surface area contributed by atoms with Gasteiger partial charge in [-0.25, -0.2) is 9.79 Å². The first-order valence-electron chi connectivity index (χ1n) is 12.2. The van der Waals surface area contributed by atoms with E-state index in [9.17, 15) is 19.2 Å². The zero-order chi connectivity index (χ0) is 27.0. The average Bonchev–Trinajstić information content (AvgIpc) is 3.36. The molecule has 0 radical (unpaired) electrons. The Balaban J connectivity index is 1.75. The van der Waals surface area contributed by atoms with Gasteiger partial charge < -0.3 is 9.47 Å². The summed E-state index contributed by atoms with van der Waals surface area (Å²) in [6.45, 7) is 5.21. The van der Waals surface area contributed by atoms with Crippen molar-refractivity contribution in [3.63, 3.8) is 0 Å². The lowest BCUT2D eigenvalue weighted by Gasteiger charge is -2.24. The highest BCUT2D eigenvalue weighted by molar-refractivity contribution is 7.07. The monoisotopic (exact) mass is 531 g/mol. The standard InChI is InChI=1S/C28H25N3O6S/c1-4-36-20(32)15-30-19-14-10-9-13-18(19)22(25(30)33)24-26(34)31-23(17-11-7-6-8-12-17)21(27(35)37-5-2)16(3)29-28(31)38-24/h6-14,23H,4-5,15H2,1-3H3/b24-22+/t23-/m0/s1. The van der Waals surface area contributed by atoms with Crippen LogP contribution in [0.15, 0.2) is 75.7 Å². The fourth-order valence-electron chi connectivity index (χ4n) is 4.78. The largest absolute Gasteiger partial charge is 0.465 e. The minimum Gasteiger partial charge on any atom is -0.465 e. The average molecular weight is 532 g/mol. The number of hydrogen-bond acceptors (Lipinski definition) is 8. The molecule has 0 unspecified atom stereocenters. The van der Waals surface area contributed by atoms with E-state index in [1.807, 2.05) is 30.3 Å². The van der Waals surface area contributed by atoms with Crippen LogP contribution >= 0.6 is 11.3 Å². The molecule has 3 heterocycles. The molecule has 10 heteroatoms. The van der Waals surface area contributed by atoms with Crippen molar-refractivity contribution in [2.45, 2.75) is 26.8 Å². The Kier molecular flexibility index (Phi) is 6.81. The second-order valence-electron chi connectivity index (χ2n) is 8.62. The molecule has 0 aliphatic carbocycles. The molecule has 9 nitrogen and oxygen atoms in total. The van der Waals surface area contributed by atoms with Gasteiger partial charge in [0.15, 0.2) is 4.80 Å². The van der Waals surface area contributed by atoms with Crippen LogP contribution in [0.2, 0.25) is 0 Å². The maximum Gasteiger partial charge on any atom is 0.338 e. The van der Waals surface area contributed by atoms with E-state index in [1.165, 1.54) is 9.47 Å². The van der Waals surface area contributed by atoms with Crippen LogP contribution in [0.3, 0.4) is 0 Å². The lowest BCUT2D eigenvalue weighted by molar-refractivity contribution is -0.142. The quantitative estimate of drug-likeness (QED) is 0.451. The van der Waals surface area contributed by atoms with E-state index < -0.39 is 29.4 Å². The van der Waals surface area contributed by atoms with Crippen molar-refractivity contribution < 1.29 is 23.9 Å². The molecule has 1 amide bonds. The van der Waals surface area contributed by atoms with Crippen LogP contribution in [0.1, 0.15) is 37.9 Å². The van der Waals surface area contributed by atoms with E-state index in [-0.39, 0.29) is 35.4 Å². The molecule has 0 saturated carbocycles. The predicted octanol–water partition coefficient (Wildman–Crippen LogP) is 2.08. The van der Waals surface area contributed by atoms with Crippen molar-refractivity contribution in [1.82, 2.24) is 4.57 Å². The number of benzene rings is 2. The first-order valence-corrected chi connectivity index (χ1v) is 13.0. The molecule has 0 N–H and O–H groups in total. The number of thiazole rings is 1. The van der Waals surface area contributed by atoms with E-state index in [4.69, 9.17) is 9.47 Å². The first-order chi connectivity index (χ1) is 18.4. The van der Waals surface area contributed by atoms with Crippen molar-refractivity contribution in [1.29, 1.82) is 0 Å². The van der Waals surface area contributed by atoms with Gasteiger partial charge in [0.25, 0.3) is 11.5 Å². The molecule has 2 aromatic carbocycles. The van der Waals surface area contributed by atoms with E-state index >= 15 is 0 Å². The summed E-state index contributed by atoms with van der Waals surface area (Å²) in [5.74, 6) is -1.57. The van der Waals surface area contributed by atoms with Gasteiger partial charge in [-0.1, -0.05) is 59.9 Å². The van der Waals surface area contributed by atoms with Crippen LogP contribution in [0.4, 0.5) is 5.69 Å². The summed E-state index contributed by atoms with van der Waals surface area (Å²) in [5, 5.41) is 0. The molecular weight excluding hydrogens is 506 g/mol. The van der Waals surface area contributed by atoms with Gasteiger partial charge in [0.2, 0.25) is 0 Å². The maximum absolute atomic E-state index is 14.1. The second kappa shape index (κ2) is 10.2. The number of anilines is 1. The van der Waals surface area contributed by atoms with Crippen LogP contribution in [0, 0.1) is 0 Å². The van der Waals surface area contributed by atoms with Gasteiger partial charge in [-0.3, -0.25) is 23.9 Å². The van der Waals surface area contributed by atoms with E-state index in [0.29, 0.717) is 27.3 Å². The molecule has 1 aromatic heterocycles. The Labute approximate surface area is 221 Å². The minimum absolute atomic E-state index is 0.174. The van der Waals surface area contributed by atoms with Crippen molar-refractivity contribution >= 4 is 40.4 Å². The summed E-state index contributed by atoms with van der Waals surface area (Å²) >= 11 is 1.08. The molecule has 5 rings (SSSR count). The third-order valence-electron chi connectivity index (χ3n) is 6.35. The Morgan fingerprint density at radius 1 is 0.974 bits per heavy atom. The summed E-state index contributed by atoms with van der Waals surface area (Å²) in [7, 11) is 0. The number of hydrogen-bond donors (Lipinski definition) is 0. The normalized spacial score (nSPS) is 17.6. The number of allylic oxidation sites excluding steroid dienone is 1. The summed E-state index contributed by atoms with van der Waals surface area (Å²) < 4.78 is 12.0. The SMILES string of the molecule is CCOC(=O)CN1C(=O)/C(=c2/sc3n(c2=O)[C@@H](c2ccccc2)C(C(=O)OCC)=C(C)N=3)c2ccccc21. The maximum atomic E-state index is 14.1. The van der Waals surface area contributed by atoms with E-state index in [0.717, 1.165) is 11.3 Å². The van der Waals surface area contributed by atoms with Gasteiger partial charge in [0.05, 0.1) is 41.8 Å². The molecule has 0 fully saturated rings. The number of nitrogens with zero attached hydrogens (tertiary/aromatic N) is 3. The Bertz CT molecular complexity index is 1670. The molecule has 0 saturated heterocycles. The molecule has 1 atom stereocenters. The summed E-state index contributed by atoms with van der Waals surface area (Å²) in [6.07, 6.45) is 0. The summed E-state index contributed by atoms with van der Waals surface area (Å²) in [6, 6.07) is 15.4. The van der Waals surface area contributed by atoms with Gasteiger partial charge in [0, 0.05) is 5.56 Å². The molecule has 2 aliphatic heterocycles. The fraction of sp³-hybridized carbons (Fsp3) is 0.250. The van der Waals surface area contributed by atoms with Gasteiger partial charge >= 0.3 is 11.9 Å². The molecular formula is C28H25N3O6S. The minimum atomic E-state index is -0.775. The third kappa shape index (κ3) is 4.16. The van der Waals surface area contributed by atoms with Crippen molar-refractivity contribution in [3.05, 3.63) is 96.7 Å². The number of para-hydroxylation sites is 1. The smallest absolute Gasteiger partial charge is 0.338 e. The third-order valence-corrected chi connectivity index (χ3v) is 7.40. The second-order valence-corrected chi connectivity index (χ2v) is 9.60. The van der Waals surface area contributed by atoms with E-state index in [2.05, 4.69) is 4.99 Å². The van der Waals surface area contributed by atoms with Crippen LogP contribution < -0.4 is 19.8 Å². The first kappa shape index (κ1) is 25.3. The van der Waals surface area contributed by atoms with Gasteiger partial charge in [-0.2, -0.15) is 0 Å². The number of ether oxygens (including phenoxy) is 2. The summed E-state index contributed by atoms with van der Waals surface area (Å²) in [5.41, 5.74) is 2.23. The Morgan fingerprint density at radius 2 is 1.66 bits per heavy atom. The molecule has 0 spiro atoms. The summed E-state index contributed by atoms with van der Waals surface area (Å²) in [4.78, 5) is 59.3. The Hall–Kier alpha value is -4.31. The van der Waals surface area contributed by atoms with Crippen molar-refractivity contribution in [3.8, 4) is 0 Å². The molecule has 0 bridgehead atoms. The van der Waals surface area contributed by atoms with Crippen LogP contribution in [0.25, 0.3) is 5.57 Å². The van der Waals surface area contributed by atoms with Crippen molar-refractivity contribution in [2.75, 3.05) is 24.7 Å². The number of carbonyl (C=O) groups is 3.